The summed E-state index contributed by atoms with van der Waals surface area (Å²) in [6.07, 6.45) is 3.52. The van der Waals surface area contributed by atoms with Gasteiger partial charge in [0.15, 0.2) is 34.5 Å². The zero-order valence-electron chi connectivity index (χ0n) is 64.6. The monoisotopic (exact) mass is 1540 g/mol. The number of cyclic esters (lactones) is 1. The molecule has 584 valence electrons. The Bertz CT molecular complexity index is 5480. The molecule has 2 amide bonds. The quantitative estimate of drug-likeness (QED) is 0.0273. The highest BCUT2D eigenvalue weighted by atomic mass is 16.7. The number of esters is 1. The van der Waals surface area contributed by atoms with Crippen molar-refractivity contribution in [3.63, 3.8) is 0 Å². The highest BCUT2D eigenvalue weighted by Crippen LogP contribution is 2.47. The number of benzene rings is 12. The number of aliphatic carboxylic acids is 2. The van der Waals surface area contributed by atoms with Gasteiger partial charge in [-0.05, 0) is 152 Å². The molecular weight excluding hydrogens is 1450 g/mol. The number of nitrogens with one attached hydrogen (secondary N) is 3. The molecule has 0 saturated heterocycles. The van der Waals surface area contributed by atoms with Crippen molar-refractivity contribution in [2.45, 2.75) is 69.1 Å². The van der Waals surface area contributed by atoms with Crippen LogP contribution in [0.25, 0.3) is 38.0 Å². The van der Waals surface area contributed by atoms with E-state index in [2.05, 4.69) is 64.1 Å². The van der Waals surface area contributed by atoms with Crippen LogP contribution in [0.1, 0.15) is 74.6 Å². The first-order chi connectivity index (χ1) is 56.0. The van der Waals surface area contributed by atoms with Gasteiger partial charge in [0.05, 0.1) is 53.6 Å². The molecule has 3 atom stereocenters. The number of amides is 2. The van der Waals surface area contributed by atoms with Crippen molar-refractivity contribution in [2.24, 2.45) is 5.92 Å². The van der Waals surface area contributed by atoms with E-state index in [4.69, 9.17) is 42.6 Å². The van der Waals surface area contributed by atoms with E-state index in [-0.39, 0.29) is 31.4 Å². The molecule has 2 aliphatic heterocycles. The van der Waals surface area contributed by atoms with Crippen LogP contribution in [0.4, 0.5) is 0 Å². The lowest BCUT2D eigenvalue weighted by molar-refractivity contribution is -0.147. The van der Waals surface area contributed by atoms with Gasteiger partial charge in [0, 0.05) is 47.8 Å². The van der Waals surface area contributed by atoms with Crippen LogP contribution in [-0.2, 0) is 67.2 Å². The Labute approximate surface area is 667 Å². The number of carboxylic acids is 2. The van der Waals surface area contributed by atoms with Crippen molar-refractivity contribution < 1.29 is 76.8 Å². The predicted molar refractivity (Wildman–Crippen MR) is 443 cm³/mol. The summed E-state index contributed by atoms with van der Waals surface area (Å²) in [6, 6.07) is 86.0. The molecule has 0 spiro atoms. The molecule has 13 aromatic rings. The van der Waals surface area contributed by atoms with E-state index in [9.17, 15) is 34.2 Å². The number of carboxylic acid groups (broad SMARTS) is 2. The van der Waals surface area contributed by atoms with Gasteiger partial charge in [-0.1, -0.05) is 224 Å². The zero-order chi connectivity index (χ0) is 80.4. The molecule has 3 heterocycles. The average molecular weight is 1540 g/mol. The SMILES string of the molecule is COc1ccc(C2OC(=O)C(c3ccc4c(c3)OCO4)=C2Cc2cc(OC)c(OC)c(OC)c2)cc1.COc1cccc(CC(NC(=O)C(c2ccccc2)c2ccccc2)C(=O)O)c1OCCc1ccccc1.C[C@](Cc1c[nH]c2ccccc12)(NC(=O)C(Cc1cccc2ccccc12)Cc1cccc2ccccc12)C(=O)O. The third kappa shape index (κ3) is 18.7. The number of H-pyrrole nitrogens is 1. The van der Waals surface area contributed by atoms with Gasteiger partial charge in [0.1, 0.15) is 23.4 Å². The zero-order valence-corrected chi connectivity index (χ0v) is 64.6. The molecule has 5 N–H and O–H groups in total. The molecule has 0 fully saturated rings. The minimum absolute atomic E-state index is 0.0369. The molecule has 115 heavy (non-hydrogen) atoms. The van der Waals surface area contributed by atoms with E-state index in [0.29, 0.717) is 95.0 Å². The number of fused-ring (bicyclic) bond motifs is 4. The normalized spacial score (nSPS) is 13.5. The van der Waals surface area contributed by atoms with Crippen LogP contribution < -0.4 is 48.5 Å². The number of rotatable bonds is 29. The fraction of sp³-hybridized carbons (Fsp3) is 0.198. The summed E-state index contributed by atoms with van der Waals surface area (Å²) in [4.78, 5) is 69.2. The Morgan fingerprint density at radius 1 is 0.522 bits per heavy atom. The fourth-order valence-electron chi connectivity index (χ4n) is 14.9. The van der Waals surface area contributed by atoms with Gasteiger partial charge in [-0.15, -0.1) is 0 Å². The van der Waals surface area contributed by atoms with Crippen molar-refractivity contribution in [1.82, 2.24) is 15.6 Å². The molecule has 0 aliphatic carbocycles. The summed E-state index contributed by atoms with van der Waals surface area (Å²) >= 11 is 0. The molecule has 12 aromatic carbocycles. The summed E-state index contributed by atoms with van der Waals surface area (Å²) in [5, 5.41) is 31.6. The minimum Gasteiger partial charge on any atom is -0.497 e. The lowest BCUT2D eigenvalue weighted by atomic mass is 9.86. The maximum absolute atomic E-state index is 14.2. The first-order valence-corrected chi connectivity index (χ1v) is 37.8. The number of carbonyl (C=O) groups is 5. The van der Waals surface area contributed by atoms with Crippen LogP contribution in [-0.4, -0.2) is 105 Å². The van der Waals surface area contributed by atoms with Crippen molar-refractivity contribution in [3.8, 4) is 46.0 Å². The van der Waals surface area contributed by atoms with Crippen LogP contribution in [0.2, 0.25) is 0 Å². The molecule has 1 aromatic heterocycles. The van der Waals surface area contributed by atoms with Gasteiger partial charge in [0.25, 0.3) is 0 Å². The molecule has 19 nitrogen and oxygen atoms in total. The lowest BCUT2D eigenvalue weighted by Crippen LogP contribution is -2.55. The number of hydrogen-bond donors (Lipinski definition) is 5. The maximum Gasteiger partial charge on any atom is 0.339 e. The van der Waals surface area contributed by atoms with Gasteiger partial charge in [-0.2, -0.15) is 0 Å². The van der Waals surface area contributed by atoms with Crippen LogP contribution in [0.15, 0.2) is 285 Å². The molecule has 19 heteroatoms. The predicted octanol–water partition coefficient (Wildman–Crippen LogP) is 17.1. The Morgan fingerprint density at radius 2 is 1.08 bits per heavy atom. The van der Waals surface area contributed by atoms with Crippen LogP contribution in [0, 0.1) is 5.92 Å². The van der Waals surface area contributed by atoms with E-state index in [1.807, 2.05) is 206 Å². The smallest absolute Gasteiger partial charge is 0.339 e. The number of para-hydroxylation sites is 2. The second kappa shape index (κ2) is 37.0. The third-order valence-electron chi connectivity index (χ3n) is 20.7. The highest BCUT2D eigenvalue weighted by molar-refractivity contribution is 6.20. The van der Waals surface area contributed by atoms with Gasteiger partial charge < -0.3 is 68.5 Å². The number of carbonyl (C=O) groups excluding carboxylic acids is 3. The lowest BCUT2D eigenvalue weighted by Gasteiger charge is -2.29. The summed E-state index contributed by atoms with van der Waals surface area (Å²) in [7, 11) is 7.85. The molecule has 0 bridgehead atoms. The van der Waals surface area contributed by atoms with Crippen LogP contribution >= 0.6 is 0 Å². The first-order valence-electron chi connectivity index (χ1n) is 37.8. The summed E-state index contributed by atoms with van der Waals surface area (Å²) in [5.41, 5.74) is 9.47. The third-order valence-corrected chi connectivity index (χ3v) is 20.7. The Balaban J connectivity index is 0.000000151. The number of aromatic nitrogens is 1. The molecular formula is C96H89N3O16. The van der Waals surface area contributed by atoms with Crippen molar-refractivity contribution in [1.29, 1.82) is 0 Å². The maximum atomic E-state index is 14.2. The number of aromatic amines is 1. The van der Waals surface area contributed by atoms with Crippen molar-refractivity contribution >= 4 is 67.7 Å². The summed E-state index contributed by atoms with van der Waals surface area (Å²) < 4.78 is 50.4. The van der Waals surface area contributed by atoms with Crippen LogP contribution in [0.3, 0.4) is 0 Å². The molecule has 15 rings (SSSR count). The van der Waals surface area contributed by atoms with Crippen molar-refractivity contribution in [2.75, 3.05) is 48.9 Å². The van der Waals surface area contributed by atoms with Gasteiger partial charge in [-0.25, -0.2) is 14.4 Å². The Hall–Kier alpha value is -13.8. The number of hydrogen-bond acceptors (Lipinski definition) is 14. The second-order valence-corrected chi connectivity index (χ2v) is 28.2. The highest BCUT2D eigenvalue weighted by Gasteiger charge is 2.40. The first kappa shape index (κ1) is 79.3. The average Bonchev–Trinajstić information content (AvgIpc) is 1.61. The van der Waals surface area contributed by atoms with Crippen LogP contribution in [0.5, 0.6) is 46.0 Å². The Kier molecular flexibility index (Phi) is 25.5. The van der Waals surface area contributed by atoms with Crippen molar-refractivity contribution in [3.05, 3.63) is 340 Å². The Morgan fingerprint density at radius 3 is 1.67 bits per heavy atom. The fourth-order valence-corrected chi connectivity index (χ4v) is 14.9. The number of ether oxygens (including phenoxy) is 9. The number of methoxy groups -OCH3 is 5. The van der Waals surface area contributed by atoms with Gasteiger partial charge in [-0.3, -0.25) is 9.59 Å². The van der Waals surface area contributed by atoms with E-state index < -0.39 is 47.4 Å². The van der Waals surface area contributed by atoms with Gasteiger partial charge in [0.2, 0.25) is 24.4 Å². The van der Waals surface area contributed by atoms with E-state index in [1.54, 1.807) is 66.7 Å². The second-order valence-electron chi connectivity index (χ2n) is 28.2. The van der Waals surface area contributed by atoms with E-state index in [0.717, 1.165) is 82.5 Å². The largest absolute Gasteiger partial charge is 0.497 e. The summed E-state index contributed by atoms with van der Waals surface area (Å²) in [5.74, 6) is 0.126. The standard InChI is InChI=1S/C36H32N2O3.C32H31NO5.C28H26O8/c1-36(35(40)41,22-29-23-37-33-19-7-6-18-32(29)33)38-34(39)28(20-26-14-8-12-24-10-2-4-16-30(24)26)21-27-15-9-13-25-11-3-5-17-31(25)27;1-37-28-19-11-18-26(30(28)38-21-20-23-12-5-2-6-13-23)22-27(32(35)36)33-31(34)29(24-14-7-3-8-15-24)25-16-9-4-10-17-25;1-30-19-8-5-17(6-9-19)26-20(11-16-12-23(31-2)27(33-4)24(13-16)32-3)25(28(29)36-26)18-7-10-21-22(14-18)35-15-34-21/h2-19,23,28,37H,20-22H2,1H3,(H,38,39)(H,40,41);2-19,27,29H,20-22H2,1H3,(H,33,34)(H,35,36);5-10,12-14,26H,11,15H2,1-4H3/t36-;;/m1../s1. The molecule has 2 unspecified atom stereocenters. The van der Waals surface area contributed by atoms with E-state index in [1.165, 1.54) is 0 Å². The van der Waals surface area contributed by atoms with Gasteiger partial charge >= 0.3 is 17.9 Å². The summed E-state index contributed by atoms with van der Waals surface area (Å²) in [6.45, 7) is 2.14. The molecule has 0 saturated carbocycles. The topological polar surface area (TPSA) is 249 Å². The molecule has 2 aliphatic rings. The molecule has 0 radical (unpaired) electrons. The minimum atomic E-state index is -1.49. The van der Waals surface area contributed by atoms with E-state index >= 15 is 0 Å².